The predicted molar refractivity (Wildman–Crippen MR) is 71.5 cm³/mol. The van der Waals surface area contributed by atoms with Crippen LogP contribution in [0.4, 0.5) is 0 Å². The van der Waals surface area contributed by atoms with Crippen LogP contribution in [0.25, 0.3) is 0 Å². The maximum absolute atomic E-state index is 10.7. The third-order valence-electron chi connectivity index (χ3n) is 3.00. The van der Waals surface area contributed by atoms with E-state index in [1.54, 1.807) is 6.26 Å². The Bertz CT molecular complexity index is 536. The van der Waals surface area contributed by atoms with Crippen molar-refractivity contribution in [1.29, 1.82) is 0 Å². The van der Waals surface area contributed by atoms with Gasteiger partial charge in [-0.15, -0.1) is 5.10 Å². The molecule has 0 saturated carbocycles. The molecule has 20 heavy (non-hydrogen) atoms. The van der Waals surface area contributed by atoms with Crippen molar-refractivity contribution in [3.8, 4) is 0 Å². The smallest absolute Gasteiger partial charge is 0.358 e. The van der Waals surface area contributed by atoms with Gasteiger partial charge in [0.15, 0.2) is 5.69 Å². The van der Waals surface area contributed by atoms with Gasteiger partial charge < -0.3 is 14.8 Å². The summed E-state index contributed by atoms with van der Waals surface area (Å²) in [4.78, 5) is 10.7. The van der Waals surface area contributed by atoms with Gasteiger partial charge in [-0.2, -0.15) is 0 Å². The lowest BCUT2D eigenvalue weighted by atomic mass is 10.1. The average molecular weight is 278 g/mol. The summed E-state index contributed by atoms with van der Waals surface area (Å²) in [6.07, 6.45) is 4.98. The summed E-state index contributed by atoms with van der Waals surface area (Å²) in [6, 6.07) is 4.20. The van der Waals surface area contributed by atoms with Crippen LogP contribution < -0.4 is 5.32 Å². The van der Waals surface area contributed by atoms with Crippen LogP contribution in [0.1, 0.15) is 29.6 Å². The van der Waals surface area contributed by atoms with E-state index in [-0.39, 0.29) is 5.69 Å². The van der Waals surface area contributed by atoms with Crippen LogP contribution in [0, 0.1) is 0 Å². The second-order valence-corrected chi connectivity index (χ2v) is 4.65. The van der Waals surface area contributed by atoms with Crippen molar-refractivity contribution in [1.82, 2.24) is 20.3 Å². The molecular formula is C13H18N4O3. The van der Waals surface area contributed by atoms with Crippen LogP contribution in [0.3, 0.4) is 0 Å². The third kappa shape index (κ3) is 4.20. The number of hydrogen-bond donors (Lipinski definition) is 2. The number of nitrogens with zero attached hydrogens (tertiary/aromatic N) is 3. The molecule has 0 spiro atoms. The molecule has 0 aliphatic carbocycles. The van der Waals surface area contributed by atoms with Crippen LogP contribution in [0.15, 0.2) is 29.0 Å². The van der Waals surface area contributed by atoms with Crippen LogP contribution in [-0.2, 0) is 13.0 Å². The fourth-order valence-corrected chi connectivity index (χ4v) is 1.85. The Hall–Kier alpha value is -2.15. The first kappa shape index (κ1) is 14.3. The minimum atomic E-state index is -1.06. The maximum atomic E-state index is 10.7. The molecule has 0 aromatic carbocycles. The first-order valence-electron chi connectivity index (χ1n) is 6.54. The minimum absolute atomic E-state index is 0.0316. The van der Waals surface area contributed by atoms with E-state index in [4.69, 9.17) is 9.52 Å². The highest BCUT2D eigenvalue weighted by Crippen LogP contribution is 2.05. The van der Waals surface area contributed by atoms with Gasteiger partial charge in [0.2, 0.25) is 0 Å². The number of aromatic nitrogens is 3. The summed E-state index contributed by atoms with van der Waals surface area (Å²) in [5.41, 5.74) is -0.0316. The Labute approximate surface area is 116 Å². The average Bonchev–Trinajstić information content (AvgIpc) is 3.07. The fourth-order valence-electron chi connectivity index (χ4n) is 1.85. The van der Waals surface area contributed by atoms with E-state index in [1.807, 2.05) is 12.1 Å². The molecule has 2 aromatic heterocycles. The molecule has 7 heteroatoms. The van der Waals surface area contributed by atoms with Gasteiger partial charge in [-0.25, -0.2) is 4.79 Å². The van der Waals surface area contributed by atoms with E-state index in [0.29, 0.717) is 19.1 Å². The molecule has 0 amide bonds. The number of carbonyl (C=O) groups is 1. The van der Waals surface area contributed by atoms with E-state index in [1.165, 1.54) is 10.9 Å². The summed E-state index contributed by atoms with van der Waals surface area (Å²) in [7, 11) is 0. The number of nitrogens with one attached hydrogen (secondary N) is 1. The van der Waals surface area contributed by atoms with Crippen LogP contribution in [0.2, 0.25) is 0 Å². The lowest BCUT2D eigenvalue weighted by Crippen LogP contribution is -2.29. The topological polar surface area (TPSA) is 93.2 Å². The van der Waals surface area contributed by atoms with Crippen LogP contribution >= 0.6 is 0 Å². The maximum Gasteiger partial charge on any atom is 0.358 e. The van der Waals surface area contributed by atoms with Gasteiger partial charge >= 0.3 is 5.97 Å². The van der Waals surface area contributed by atoms with Crippen molar-refractivity contribution >= 4 is 5.97 Å². The van der Waals surface area contributed by atoms with E-state index in [2.05, 4.69) is 22.6 Å². The van der Waals surface area contributed by atoms with Gasteiger partial charge in [0.1, 0.15) is 5.76 Å². The number of rotatable bonds is 8. The molecular weight excluding hydrogens is 260 g/mol. The van der Waals surface area contributed by atoms with Crippen molar-refractivity contribution in [2.24, 2.45) is 0 Å². The molecule has 2 heterocycles. The Balaban J connectivity index is 1.65. The van der Waals surface area contributed by atoms with Crippen molar-refractivity contribution in [2.45, 2.75) is 32.4 Å². The minimum Gasteiger partial charge on any atom is -0.476 e. The molecule has 0 radical (unpaired) electrons. The van der Waals surface area contributed by atoms with Crippen molar-refractivity contribution < 1.29 is 14.3 Å². The zero-order valence-corrected chi connectivity index (χ0v) is 11.3. The molecule has 2 N–H and O–H groups in total. The van der Waals surface area contributed by atoms with Gasteiger partial charge in [0.25, 0.3) is 0 Å². The monoisotopic (exact) mass is 278 g/mol. The molecule has 2 rings (SSSR count). The number of aromatic carboxylic acids is 1. The van der Waals surface area contributed by atoms with Gasteiger partial charge in [-0.1, -0.05) is 5.21 Å². The van der Waals surface area contributed by atoms with Gasteiger partial charge in [-0.05, 0) is 25.5 Å². The third-order valence-corrected chi connectivity index (χ3v) is 3.00. The molecule has 0 fully saturated rings. The zero-order chi connectivity index (χ0) is 14.4. The first-order valence-corrected chi connectivity index (χ1v) is 6.54. The van der Waals surface area contributed by atoms with Crippen molar-refractivity contribution in [2.75, 3.05) is 6.54 Å². The number of carboxylic acids is 1. The molecule has 0 saturated heterocycles. The van der Waals surface area contributed by atoms with E-state index in [0.717, 1.165) is 18.6 Å². The van der Waals surface area contributed by atoms with Crippen molar-refractivity contribution in [3.63, 3.8) is 0 Å². The SMILES string of the molecule is CC(CCc1ccco1)NCCn1cc(C(=O)O)nn1. The number of aryl methyl sites for hydroxylation is 1. The molecule has 108 valence electrons. The molecule has 1 unspecified atom stereocenters. The van der Waals surface area contributed by atoms with Gasteiger partial charge in [0.05, 0.1) is 19.0 Å². The summed E-state index contributed by atoms with van der Waals surface area (Å²) >= 11 is 0. The summed E-state index contributed by atoms with van der Waals surface area (Å²) < 4.78 is 6.80. The van der Waals surface area contributed by atoms with E-state index >= 15 is 0 Å². The molecule has 0 aliphatic heterocycles. The first-order chi connectivity index (χ1) is 9.65. The molecule has 1 atom stereocenters. The molecule has 0 aliphatic rings. The Morgan fingerprint density at radius 3 is 3.10 bits per heavy atom. The number of carboxylic acid groups (broad SMARTS) is 1. The highest BCUT2D eigenvalue weighted by molar-refractivity contribution is 5.84. The summed E-state index contributed by atoms with van der Waals surface area (Å²) in [5.74, 6) is -0.0722. The fraction of sp³-hybridized carbons (Fsp3) is 0.462. The van der Waals surface area contributed by atoms with E-state index < -0.39 is 5.97 Å². The lowest BCUT2D eigenvalue weighted by Gasteiger charge is -2.12. The van der Waals surface area contributed by atoms with Crippen LogP contribution in [-0.4, -0.2) is 38.7 Å². The molecule has 7 nitrogen and oxygen atoms in total. The Morgan fingerprint density at radius 2 is 2.45 bits per heavy atom. The van der Waals surface area contributed by atoms with Gasteiger partial charge in [0, 0.05) is 19.0 Å². The lowest BCUT2D eigenvalue weighted by molar-refractivity contribution is 0.0690. The standard InChI is InChI=1S/C13H18N4O3/c1-10(4-5-11-3-2-8-20-11)14-6-7-17-9-12(13(18)19)15-16-17/h2-3,8-10,14H,4-7H2,1H3,(H,18,19). The Kier molecular flexibility index (Phi) is 4.89. The highest BCUT2D eigenvalue weighted by Gasteiger charge is 2.08. The second-order valence-electron chi connectivity index (χ2n) is 4.65. The number of furan rings is 1. The van der Waals surface area contributed by atoms with Gasteiger partial charge in [-0.3, -0.25) is 4.68 Å². The zero-order valence-electron chi connectivity index (χ0n) is 11.3. The Morgan fingerprint density at radius 1 is 1.60 bits per heavy atom. The summed E-state index contributed by atoms with van der Waals surface area (Å²) in [6.45, 7) is 3.40. The van der Waals surface area contributed by atoms with Crippen molar-refractivity contribution in [3.05, 3.63) is 36.0 Å². The molecule has 2 aromatic rings. The van der Waals surface area contributed by atoms with Crippen LogP contribution in [0.5, 0.6) is 0 Å². The molecule has 0 bridgehead atoms. The second kappa shape index (κ2) is 6.85. The number of hydrogen-bond acceptors (Lipinski definition) is 5. The highest BCUT2D eigenvalue weighted by atomic mass is 16.4. The normalized spacial score (nSPS) is 12.4. The van der Waals surface area contributed by atoms with E-state index in [9.17, 15) is 4.79 Å². The quantitative estimate of drug-likeness (QED) is 0.753. The largest absolute Gasteiger partial charge is 0.476 e. The predicted octanol–water partition coefficient (Wildman–Crippen LogP) is 1.18. The summed E-state index contributed by atoms with van der Waals surface area (Å²) in [5, 5.41) is 19.4.